The van der Waals surface area contributed by atoms with Crippen LogP contribution in [0.1, 0.15) is 25.0 Å². The predicted molar refractivity (Wildman–Crippen MR) is 96.4 cm³/mol. The largest absolute Gasteiger partial charge is 0.219 e. The Morgan fingerprint density at radius 2 is 1.16 bits per heavy atom. The van der Waals surface area contributed by atoms with Crippen molar-refractivity contribution in [2.45, 2.75) is 19.3 Å². The summed E-state index contributed by atoms with van der Waals surface area (Å²) in [5.74, 6) is 0. The number of thiophene rings is 2. The van der Waals surface area contributed by atoms with E-state index in [1.165, 1.54) is 22.7 Å². The van der Waals surface area contributed by atoms with Crippen LogP contribution in [0.15, 0.2) is 22.1 Å². The molecule has 0 saturated heterocycles. The van der Waals surface area contributed by atoms with Gasteiger partial charge in [0.2, 0.25) is 11.4 Å². The maximum absolute atomic E-state index is 8.87. The molecule has 2 aromatic rings. The highest BCUT2D eigenvalue weighted by atomic mass is 32.1. The van der Waals surface area contributed by atoms with Crippen molar-refractivity contribution < 1.29 is 0 Å². The van der Waals surface area contributed by atoms with Crippen molar-refractivity contribution in [2.24, 2.45) is 9.98 Å². The van der Waals surface area contributed by atoms with Gasteiger partial charge in [-0.2, -0.15) is 21.0 Å². The van der Waals surface area contributed by atoms with Gasteiger partial charge in [-0.05, 0) is 23.3 Å². The van der Waals surface area contributed by atoms with Gasteiger partial charge in [0.05, 0.1) is 9.75 Å². The van der Waals surface area contributed by atoms with Crippen molar-refractivity contribution in [1.82, 2.24) is 0 Å². The molecule has 0 radical (unpaired) electrons. The standard InChI is InChI=1S/C17H8N6S2/c1-17(2)11-3-13(22-9(5-18)6-19)24-15(11)16-12(17)4-14(25-16)23-10(7-20)8-21/h3-4H,1-2H3. The fourth-order valence-electron chi connectivity index (χ4n) is 2.65. The lowest BCUT2D eigenvalue weighted by atomic mass is 9.84. The van der Waals surface area contributed by atoms with Crippen LogP contribution < -0.4 is 0 Å². The van der Waals surface area contributed by atoms with E-state index in [2.05, 4.69) is 23.8 Å². The molecule has 25 heavy (non-hydrogen) atoms. The van der Waals surface area contributed by atoms with Crippen LogP contribution in [-0.4, -0.2) is 11.4 Å². The molecule has 8 heteroatoms. The zero-order valence-electron chi connectivity index (χ0n) is 13.2. The van der Waals surface area contributed by atoms with Gasteiger partial charge in [0, 0.05) is 5.41 Å². The molecule has 0 unspecified atom stereocenters. The number of rotatable bonds is 2. The van der Waals surface area contributed by atoms with Gasteiger partial charge >= 0.3 is 0 Å². The highest BCUT2D eigenvalue weighted by Crippen LogP contribution is 2.58. The molecule has 6 nitrogen and oxygen atoms in total. The molecular weight excluding hydrogens is 352 g/mol. The Kier molecular flexibility index (Phi) is 3.95. The monoisotopic (exact) mass is 360 g/mol. The predicted octanol–water partition coefficient (Wildman–Crippen LogP) is 4.36. The van der Waals surface area contributed by atoms with Crippen LogP contribution in [0, 0.1) is 45.3 Å². The Bertz CT molecular complexity index is 996. The minimum atomic E-state index is -0.280. The van der Waals surface area contributed by atoms with E-state index in [0.717, 1.165) is 20.9 Å². The van der Waals surface area contributed by atoms with Crippen LogP contribution in [0.5, 0.6) is 0 Å². The number of nitrogens with zero attached hydrogens (tertiary/aromatic N) is 6. The van der Waals surface area contributed by atoms with Crippen LogP contribution in [0.25, 0.3) is 9.75 Å². The van der Waals surface area contributed by atoms with Crippen molar-refractivity contribution in [1.29, 1.82) is 21.0 Å². The van der Waals surface area contributed by atoms with E-state index >= 15 is 0 Å². The number of aliphatic imine (C=N–C) groups is 2. The van der Waals surface area contributed by atoms with E-state index in [4.69, 9.17) is 21.0 Å². The normalized spacial score (nSPS) is 12.6. The molecule has 2 aromatic heterocycles. The van der Waals surface area contributed by atoms with Gasteiger partial charge in [0.1, 0.15) is 34.3 Å². The molecule has 3 rings (SSSR count). The van der Waals surface area contributed by atoms with Gasteiger partial charge in [-0.1, -0.05) is 13.8 Å². The van der Waals surface area contributed by atoms with Crippen LogP contribution in [0.3, 0.4) is 0 Å². The zero-order chi connectivity index (χ0) is 18.2. The third-order valence-electron chi connectivity index (χ3n) is 3.86. The Morgan fingerprint density at radius 1 is 0.800 bits per heavy atom. The first-order valence-electron chi connectivity index (χ1n) is 7.01. The van der Waals surface area contributed by atoms with Gasteiger partial charge in [0.15, 0.2) is 0 Å². The molecule has 0 saturated carbocycles. The van der Waals surface area contributed by atoms with Crippen LogP contribution in [-0.2, 0) is 5.41 Å². The lowest BCUT2D eigenvalue weighted by molar-refractivity contribution is 0.663. The van der Waals surface area contributed by atoms with Crippen LogP contribution in [0.4, 0.5) is 10.0 Å². The van der Waals surface area contributed by atoms with E-state index in [1.54, 1.807) is 24.3 Å². The summed E-state index contributed by atoms with van der Waals surface area (Å²) in [5.41, 5.74) is 1.54. The first-order valence-corrected chi connectivity index (χ1v) is 8.64. The fourth-order valence-corrected chi connectivity index (χ4v) is 5.20. The second-order valence-electron chi connectivity index (χ2n) is 5.65. The highest BCUT2D eigenvalue weighted by molar-refractivity contribution is 7.26. The number of nitriles is 4. The molecule has 0 spiro atoms. The molecule has 0 bridgehead atoms. The van der Waals surface area contributed by atoms with Gasteiger partial charge in [0.25, 0.3) is 0 Å². The maximum atomic E-state index is 8.87. The summed E-state index contributed by atoms with van der Waals surface area (Å²) in [6, 6.07) is 10.9. The summed E-state index contributed by atoms with van der Waals surface area (Å²) in [4.78, 5) is 10.2. The highest BCUT2D eigenvalue weighted by Gasteiger charge is 2.39. The molecule has 1 aliphatic carbocycles. The van der Waals surface area contributed by atoms with Crippen molar-refractivity contribution >= 4 is 44.1 Å². The molecular formula is C17H8N6S2. The first-order chi connectivity index (χ1) is 11.9. The summed E-state index contributed by atoms with van der Waals surface area (Å²) in [5, 5.41) is 36.7. The summed E-state index contributed by atoms with van der Waals surface area (Å²) in [7, 11) is 0. The molecule has 0 fully saturated rings. The molecule has 118 valence electrons. The second kappa shape index (κ2) is 5.96. The minimum Gasteiger partial charge on any atom is -0.216 e. The zero-order valence-corrected chi connectivity index (χ0v) is 14.8. The van der Waals surface area contributed by atoms with Crippen LogP contribution >= 0.6 is 22.7 Å². The molecule has 0 N–H and O–H groups in total. The van der Waals surface area contributed by atoms with Gasteiger partial charge in [-0.25, -0.2) is 9.98 Å². The Labute approximate surface area is 151 Å². The summed E-state index contributed by atoms with van der Waals surface area (Å²) in [6.07, 6.45) is 0. The molecule has 0 amide bonds. The Balaban J connectivity index is 2.13. The summed E-state index contributed by atoms with van der Waals surface area (Å²) < 4.78 is 0. The SMILES string of the molecule is CC1(C)c2cc(N=C(C#N)C#N)sc2-c2sc(N=C(C#N)C#N)cc21. The lowest BCUT2D eigenvalue weighted by Crippen LogP contribution is -2.13. The first kappa shape index (κ1) is 16.6. The van der Waals surface area contributed by atoms with Crippen molar-refractivity contribution in [3.05, 3.63) is 23.3 Å². The molecule has 2 heterocycles. The third-order valence-corrected chi connectivity index (χ3v) is 6.08. The van der Waals surface area contributed by atoms with Crippen LogP contribution in [0.2, 0.25) is 0 Å². The fraction of sp³-hybridized carbons (Fsp3) is 0.176. The average molecular weight is 360 g/mol. The van der Waals surface area contributed by atoms with Gasteiger partial charge in [-0.3, -0.25) is 0 Å². The summed E-state index contributed by atoms with van der Waals surface area (Å²) >= 11 is 2.82. The van der Waals surface area contributed by atoms with Gasteiger partial charge in [-0.15, -0.1) is 22.7 Å². The Hall–Kier alpha value is -3.30. The topological polar surface area (TPSA) is 120 Å². The molecule has 0 atom stereocenters. The smallest absolute Gasteiger partial charge is 0.216 e. The quantitative estimate of drug-likeness (QED) is 0.739. The average Bonchev–Trinajstić information content (AvgIpc) is 3.25. The maximum Gasteiger partial charge on any atom is 0.219 e. The minimum absolute atomic E-state index is 0.179. The number of hydrogen-bond acceptors (Lipinski definition) is 8. The summed E-state index contributed by atoms with van der Waals surface area (Å²) in [6.45, 7) is 4.15. The van der Waals surface area contributed by atoms with E-state index in [-0.39, 0.29) is 16.8 Å². The van der Waals surface area contributed by atoms with E-state index < -0.39 is 0 Å². The van der Waals surface area contributed by atoms with E-state index in [1.807, 2.05) is 12.1 Å². The number of fused-ring (bicyclic) bond motifs is 3. The van der Waals surface area contributed by atoms with Gasteiger partial charge < -0.3 is 0 Å². The molecule has 0 aliphatic heterocycles. The second-order valence-corrected chi connectivity index (χ2v) is 7.71. The molecule has 1 aliphatic rings. The van der Waals surface area contributed by atoms with Crippen molar-refractivity contribution in [3.8, 4) is 34.0 Å². The van der Waals surface area contributed by atoms with Crippen molar-refractivity contribution in [3.63, 3.8) is 0 Å². The Morgan fingerprint density at radius 3 is 1.48 bits per heavy atom. The van der Waals surface area contributed by atoms with E-state index in [0.29, 0.717) is 10.0 Å². The third kappa shape index (κ3) is 2.61. The number of hydrogen-bond donors (Lipinski definition) is 0. The van der Waals surface area contributed by atoms with Crippen molar-refractivity contribution in [2.75, 3.05) is 0 Å². The van der Waals surface area contributed by atoms with E-state index in [9.17, 15) is 0 Å². The lowest BCUT2D eigenvalue weighted by Gasteiger charge is -2.18. The molecule has 0 aromatic carbocycles.